The first kappa shape index (κ1) is 15.6. The quantitative estimate of drug-likeness (QED) is 0.769. The van der Waals surface area contributed by atoms with Gasteiger partial charge in [-0.05, 0) is 73.0 Å². The molecule has 0 aliphatic heterocycles. The molecule has 0 radical (unpaired) electrons. The van der Waals surface area contributed by atoms with Gasteiger partial charge in [-0.1, -0.05) is 26.3 Å². The van der Waals surface area contributed by atoms with Crippen LogP contribution in [0.25, 0.3) is 0 Å². The molecule has 2 aliphatic carbocycles. The lowest BCUT2D eigenvalue weighted by Crippen LogP contribution is -2.51. The number of ketones is 1. The second-order valence-electron chi connectivity index (χ2n) is 8.04. The van der Waals surface area contributed by atoms with Gasteiger partial charge >= 0.3 is 0 Å². The molecule has 1 heterocycles. The molecule has 22 heavy (non-hydrogen) atoms. The van der Waals surface area contributed by atoms with E-state index in [2.05, 4.69) is 33.8 Å². The number of aryl methyl sites for hydroxylation is 1. The van der Waals surface area contributed by atoms with Crippen molar-refractivity contribution in [1.29, 1.82) is 0 Å². The molecule has 0 spiro atoms. The minimum absolute atomic E-state index is 0.200. The van der Waals surface area contributed by atoms with Crippen molar-refractivity contribution in [2.24, 2.45) is 22.7 Å². The average molecular weight is 300 g/mol. The predicted octanol–water partition coefficient (Wildman–Crippen LogP) is 5.19. The summed E-state index contributed by atoms with van der Waals surface area (Å²) in [6.07, 6.45) is 10.9. The van der Waals surface area contributed by atoms with Gasteiger partial charge in [0.05, 0.1) is 12.5 Å². The van der Waals surface area contributed by atoms with E-state index < -0.39 is 0 Å². The maximum absolute atomic E-state index is 12.2. The van der Waals surface area contributed by atoms with Gasteiger partial charge in [0.1, 0.15) is 0 Å². The number of rotatable bonds is 3. The maximum Gasteiger partial charge on any atom is 0.155 e. The van der Waals surface area contributed by atoms with Gasteiger partial charge in [0, 0.05) is 6.42 Å². The lowest BCUT2D eigenvalue weighted by Gasteiger charge is -2.57. The zero-order chi connectivity index (χ0) is 16.0. The fourth-order valence-electron chi connectivity index (χ4n) is 4.96. The van der Waals surface area contributed by atoms with Crippen molar-refractivity contribution >= 4 is 5.78 Å². The van der Waals surface area contributed by atoms with Crippen LogP contribution in [0.5, 0.6) is 0 Å². The third-order valence-corrected chi connectivity index (χ3v) is 7.00. The molecule has 2 aliphatic rings. The average Bonchev–Trinajstić information content (AvgIpc) is 2.98. The maximum atomic E-state index is 12.2. The van der Waals surface area contributed by atoms with E-state index in [1.807, 2.05) is 12.3 Å². The Morgan fingerprint density at radius 1 is 1.36 bits per heavy atom. The fourth-order valence-corrected chi connectivity index (χ4v) is 4.96. The summed E-state index contributed by atoms with van der Waals surface area (Å²) in [6, 6.07) is 2.06. The molecular formula is C20H28O2. The molecule has 120 valence electrons. The molecule has 3 rings (SSSR count). The predicted molar refractivity (Wildman–Crippen MR) is 88.5 cm³/mol. The van der Waals surface area contributed by atoms with E-state index in [4.69, 9.17) is 4.42 Å². The molecule has 1 aromatic heterocycles. The van der Waals surface area contributed by atoms with Crippen LogP contribution in [0.1, 0.15) is 58.9 Å². The Hall–Kier alpha value is -1.31. The Kier molecular flexibility index (Phi) is 3.82. The molecule has 0 amide bonds. The Labute approximate surface area is 134 Å². The highest BCUT2D eigenvalue weighted by atomic mass is 16.3. The highest BCUT2D eigenvalue weighted by Crippen LogP contribution is 2.61. The van der Waals surface area contributed by atoms with Gasteiger partial charge in [0.25, 0.3) is 0 Å². The molecule has 0 N–H and O–H groups in total. The van der Waals surface area contributed by atoms with E-state index in [1.54, 1.807) is 6.26 Å². The largest absolute Gasteiger partial charge is 0.472 e. The van der Waals surface area contributed by atoms with E-state index in [0.29, 0.717) is 17.6 Å². The zero-order valence-corrected chi connectivity index (χ0v) is 14.3. The van der Waals surface area contributed by atoms with Crippen molar-refractivity contribution in [2.75, 3.05) is 0 Å². The summed E-state index contributed by atoms with van der Waals surface area (Å²) in [7, 11) is 0. The van der Waals surface area contributed by atoms with Crippen LogP contribution in [0.15, 0.2) is 34.7 Å². The van der Waals surface area contributed by atoms with Gasteiger partial charge in [-0.3, -0.25) is 4.79 Å². The van der Waals surface area contributed by atoms with Gasteiger partial charge in [-0.2, -0.15) is 0 Å². The zero-order valence-electron chi connectivity index (χ0n) is 14.3. The van der Waals surface area contributed by atoms with Crippen molar-refractivity contribution in [3.05, 3.63) is 35.8 Å². The summed E-state index contributed by atoms with van der Waals surface area (Å²) in [4.78, 5) is 12.2. The molecule has 2 nitrogen and oxygen atoms in total. The number of carbonyl (C=O) groups excluding carboxylic acids is 1. The molecule has 0 aromatic carbocycles. The summed E-state index contributed by atoms with van der Waals surface area (Å²) in [5.74, 6) is 1.45. The summed E-state index contributed by atoms with van der Waals surface area (Å²) in [5.41, 5.74) is 2.99. The van der Waals surface area contributed by atoms with E-state index in [0.717, 1.165) is 19.3 Å². The SMILES string of the molecule is CC1=CC(=O)CC2[C@@]1(C)CC[C@@H](C)[C@]2(C)CCc1ccoc1. The van der Waals surface area contributed by atoms with Gasteiger partial charge in [-0.15, -0.1) is 0 Å². The second kappa shape index (κ2) is 5.40. The van der Waals surface area contributed by atoms with Gasteiger partial charge < -0.3 is 4.42 Å². The van der Waals surface area contributed by atoms with Crippen LogP contribution >= 0.6 is 0 Å². The first-order chi connectivity index (χ1) is 10.4. The van der Waals surface area contributed by atoms with E-state index in [1.165, 1.54) is 24.0 Å². The second-order valence-corrected chi connectivity index (χ2v) is 8.04. The van der Waals surface area contributed by atoms with E-state index in [9.17, 15) is 4.79 Å². The first-order valence-electron chi connectivity index (χ1n) is 8.59. The van der Waals surface area contributed by atoms with Gasteiger partial charge in [-0.25, -0.2) is 0 Å². The third-order valence-electron chi connectivity index (χ3n) is 7.00. The van der Waals surface area contributed by atoms with Crippen LogP contribution in [0.4, 0.5) is 0 Å². The first-order valence-corrected chi connectivity index (χ1v) is 8.59. The summed E-state index contributed by atoms with van der Waals surface area (Å²) < 4.78 is 5.21. The molecule has 1 fully saturated rings. The molecule has 1 aromatic rings. The number of fused-ring (bicyclic) bond motifs is 1. The highest BCUT2D eigenvalue weighted by Gasteiger charge is 2.54. The van der Waals surface area contributed by atoms with Crippen LogP contribution in [-0.4, -0.2) is 5.78 Å². The number of furan rings is 1. The Bertz CT molecular complexity index is 583. The van der Waals surface area contributed by atoms with Crippen molar-refractivity contribution in [3.63, 3.8) is 0 Å². The fraction of sp³-hybridized carbons (Fsp3) is 0.650. The number of allylic oxidation sites excluding steroid dienone is 2. The minimum atomic E-state index is 0.200. The molecule has 1 saturated carbocycles. The van der Waals surface area contributed by atoms with Crippen LogP contribution in [0, 0.1) is 22.7 Å². The van der Waals surface area contributed by atoms with Crippen LogP contribution in [-0.2, 0) is 11.2 Å². The number of hydrogen-bond donors (Lipinski definition) is 0. The van der Waals surface area contributed by atoms with Crippen LogP contribution in [0.2, 0.25) is 0 Å². The van der Waals surface area contributed by atoms with Gasteiger partial charge in [0.15, 0.2) is 5.78 Å². The highest BCUT2D eigenvalue weighted by molar-refractivity contribution is 5.92. The van der Waals surface area contributed by atoms with Gasteiger partial charge in [0.2, 0.25) is 0 Å². The van der Waals surface area contributed by atoms with Crippen LogP contribution < -0.4 is 0 Å². The van der Waals surface area contributed by atoms with Crippen molar-refractivity contribution < 1.29 is 9.21 Å². The molecular weight excluding hydrogens is 272 g/mol. The van der Waals surface area contributed by atoms with E-state index in [-0.39, 0.29) is 10.8 Å². The topological polar surface area (TPSA) is 30.2 Å². The molecule has 0 saturated heterocycles. The number of carbonyl (C=O) groups is 1. The number of hydrogen-bond acceptors (Lipinski definition) is 2. The van der Waals surface area contributed by atoms with Crippen molar-refractivity contribution in [2.45, 2.75) is 59.8 Å². The lowest BCUT2D eigenvalue weighted by molar-refractivity contribution is -0.123. The molecule has 0 bridgehead atoms. The summed E-state index contributed by atoms with van der Waals surface area (Å²) in [6.45, 7) is 9.35. The monoisotopic (exact) mass is 300 g/mol. The lowest BCUT2D eigenvalue weighted by atomic mass is 9.47. The van der Waals surface area contributed by atoms with Crippen molar-refractivity contribution in [1.82, 2.24) is 0 Å². The molecule has 4 atom stereocenters. The normalized spacial score (nSPS) is 38.5. The summed E-state index contributed by atoms with van der Waals surface area (Å²) in [5, 5.41) is 0. The third kappa shape index (κ3) is 2.37. The summed E-state index contributed by atoms with van der Waals surface area (Å²) >= 11 is 0. The Morgan fingerprint density at radius 2 is 2.14 bits per heavy atom. The van der Waals surface area contributed by atoms with Crippen LogP contribution in [0.3, 0.4) is 0 Å². The molecule has 1 unspecified atom stereocenters. The minimum Gasteiger partial charge on any atom is -0.472 e. The smallest absolute Gasteiger partial charge is 0.155 e. The van der Waals surface area contributed by atoms with Crippen molar-refractivity contribution in [3.8, 4) is 0 Å². The molecule has 2 heteroatoms. The standard InChI is InChI=1S/C20H28O2/c1-14-5-8-20(4)15(2)11-17(21)12-18(20)19(14,3)9-6-16-7-10-22-13-16/h7,10-11,13-14,18H,5-6,8-9,12H2,1-4H3/t14-,18?,19+,20+/m1/s1. The Balaban J connectivity index is 1.90. The Morgan fingerprint density at radius 3 is 2.82 bits per heavy atom. The van der Waals surface area contributed by atoms with E-state index >= 15 is 0 Å².